The lowest BCUT2D eigenvalue weighted by Crippen LogP contribution is -2.06. The quantitative estimate of drug-likeness (QED) is 0.804. The number of pyridine rings is 1. The Labute approximate surface area is 94.5 Å². The van der Waals surface area contributed by atoms with Gasteiger partial charge >= 0.3 is 5.97 Å². The predicted molar refractivity (Wildman–Crippen MR) is 51.8 cm³/mol. The molecule has 7 heteroatoms. The van der Waals surface area contributed by atoms with E-state index in [0.29, 0.717) is 0 Å². The van der Waals surface area contributed by atoms with Crippen molar-refractivity contribution in [3.63, 3.8) is 0 Å². The van der Waals surface area contributed by atoms with Gasteiger partial charge in [-0.25, -0.2) is 8.78 Å². The minimum Gasteiger partial charge on any atom is -0.505 e. The fraction of sp³-hybridized carbons (Fsp3) is 0.333. The topological polar surface area (TPSA) is 70.4 Å². The zero-order chi connectivity index (χ0) is 12.3. The van der Waals surface area contributed by atoms with Gasteiger partial charge in [0.15, 0.2) is 0 Å². The highest BCUT2D eigenvalue weighted by molar-refractivity contribution is 6.17. The van der Waals surface area contributed by atoms with Crippen LogP contribution in [0.3, 0.4) is 0 Å². The van der Waals surface area contributed by atoms with Crippen LogP contribution in [0.5, 0.6) is 5.75 Å². The summed E-state index contributed by atoms with van der Waals surface area (Å²) in [7, 11) is 0. The van der Waals surface area contributed by atoms with E-state index in [9.17, 15) is 18.7 Å². The molecule has 1 aromatic rings. The van der Waals surface area contributed by atoms with Crippen molar-refractivity contribution in [1.29, 1.82) is 0 Å². The average Bonchev–Trinajstić information content (AvgIpc) is 2.16. The third-order valence-electron chi connectivity index (χ3n) is 1.94. The van der Waals surface area contributed by atoms with Gasteiger partial charge in [-0.05, 0) is 5.56 Å². The highest BCUT2D eigenvalue weighted by atomic mass is 35.5. The molecule has 1 heterocycles. The van der Waals surface area contributed by atoms with Gasteiger partial charge in [0.2, 0.25) is 0 Å². The van der Waals surface area contributed by atoms with E-state index in [0.717, 1.165) is 6.20 Å². The Bertz CT molecular complexity index is 412. The van der Waals surface area contributed by atoms with Crippen molar-refractivity contribution >= 4 is 17.6 Å². The molecule has 0 atom stereocenters. The minimum atomic E-state index is -2.97. The Morgan fingerprint density at radius 2 is 2.19 bits per heavy atom. The lowest BCUT2D eigenvalue weighted by atomic mass is 10.1. The highest BCUT2D eigenvalue weighted by Crippen LogP contribution is 2.34. The molecule has 0 aliphatic carbocycles. The van der Waals surface area contributed by atoms with Crippen molar-refractivity contribution in [1.82, 2.24) is 4.98 Å². The van der Waals surface area contributed by atoms with Crippen LogP contribution in [0, 0.1) is 0 Å². The van der Waals surface area contributed by atoms with E-state index in [-0.39, 0.29) is 17.1 Å². The summed E-state index contributed by atoms with van der Waals surface area (Å²) in [4.78, 5) is 14.0. The number of halogens is 3. The fourth-order valence-corrected chi connectivity index (χ4v) is 1.43. The third-order valence-corrected chi connectivity index (χ3v) is 2.19. The second-order valence-corrected chi connectivity index (χ2v) is 3.26. The maximum Gasteiger partial charge on any atom is 0.307 e. The van der Waals surface area contributed by atoms with Gasteiger partial charge in [-0.15, -0.1) is 11.6 Å². The molecule has 4 nitrogen and oxygen atoms in total. The third kappa shape index (κ3) is 2.57. The second kappa shape index (κ2) is 5.07. The normalized spacial score (nSPS) is 10.8. The summed E-state index contributed by atoms with van der Waals surface area (Å²) in [5.74, 6) is -2.23. The van der Waals surface area contributed by atoms with Gasteiger partial charge in [0.25, 0.3) is 6.43 Å². The number of carboxylic acid groups (broad SMARTS) is 1. The molecule has 0 aliphatic rings. The molecule has 16 heavy (non-hydrogen) atoms. The number of hydrogen-bond acceptors (Lipinski definition) is 3. The molecule has 0 bridgehead atoms. The molecule has 0 fully saturated rings. The van der Waals surface area contributed by atoms with Gasteiger partial charge in [0.05, 0.1) is 23.6 Å². The number of rotatable bonds is 4. The smallest absolute Gasteiger partial charge is 0.307 e. The zero-order valence-electron chi connectivity index (χ0n) is 7.95. The van der Waals surface area contributed by atoms with Crippen LogP contribution in [0.25, 0.3) is 0 Å². The van der Waals surface area contributed by atoms with Crippen molar-refractivity contribution < 1.29 is 23.8 Å². The molecular weight excluding hydrogens is 244 g/mol. The van der Waals surface area contributed by atoms with E-state index in [1.54, 1.807) is 0 Å². The van der Waals surface area contributed by atoms with Crippen molar-refractivity contribution in [3.05, 3.63) is 23.0 Å². The van der Waals surface area contributed by atoms with Crippen molar-refractivity contribution in [2.75, 3.05) is 0 Å². The summed E-state index contributed by atoms with van der Waals surface area (Å²) >= 11 is 5.38. The number of nitrogens with zero attached hydrogens (tertiary/aromatic N) is 1. The van der Waals surface area contributed by atoms with Crippen LogP contribution in [0.2, 0.25) is 0 Å². The van der Waals surface area contributed by atoms with Crippen molar-refractivity contribution in [2.24, 2.45) is 0 Å². The van der Waals surface area contributed by atoms with Gasteiger partial charge < -0.3 is 10.2 Å². The van der Waals surface area contributed by atoms with Crippen molar-refractivity contribution in [3.8, 4) is 5.75 Å². The summed E-state index contributed by atoms with van der Waals surface area (Å²) in [6.45, 7) is 0. The Morgan fingerprint density at radius 3 is 2.62 bits per heavy atom. The number of alkyl halides is 3. The van der Waals surface area contributed by atoms with Crippen LogP contribution in [0.1, 0.15) is 23.2 Å². The molecule has 0 unspecified atom stereocenters. The predicted octanol–water partition coefficient (Wildman–Crippen LogP) is 2.09. The SMILES string of the molecule is O=C(O)Cc1cnc(CCl)c(O)c1C(F)F. The molecule has 0 amide bonds. The zero-order valence-corrected chi connectivity index (χ0v) is 8.71. The Kier molecular flexibility index (Phi) is 4.00. The first kappa shape index (κ1) is 12.6. The van der Waals surface area contributed by atoms with Gasteiger partial charge in [-0.3, -0.25) is 9.78 Å². The Morgan fingerprint density at radius 1 is 1.56 bits per heavy atom. The molecule has 0 aromatic carbocycles. The van der Waals surface area contributed by atoms with Gasteiger partial charge in [0.1, 0.15) is 5.75 Å². The molecule has 0 radical (unpaired) electrons. The molecule has 88 valence electrons. The van der Waals surface area contributed by atoms with Crippen LogP contribution in [-0.2, 0) is 17.1 Å². The number of hydrogen-bond donors (Lipinski definition) is 2. The van der Waals surface area contributed by atoms with Crippen LogP contribution < -0.4 is 0 Å². The number of aromatic hydroxyl groups is 1. The van der Waals surface area contributed by atoms with Crippen LogP contribution in [0.4, 0.5) is 8.78 Å². The summed E-state index contributed by atoms with van der Waals surface area (Å²) in [5.41, 5.74) is -1.02. The first-order valence-electron chi connectivity index (χ1n) is 4.22. The molecule has 1 aromatic heterocycles. The fourth-order valence-electron chi connectivity index (χ4n) is 1.24. The van der Waals surface area contributed by atoms with Crippen LogP contribution >= 0.6 is 11.6 Å². The van der Waals surface area contributed by atoms with E-state index < -0.39 is 30.1 Å². The first-order valence-corrected chi connectivity index (χ1v) is 4.76. The number of carboxylic acids is 1. The standard InChI is InChI=1S/C9H8ClF2NO3/c10-2-5-8(16)7(9(11)12)4(3-13-5)1-6(14)15/h3,9,16H,1-2H2,(H,14,15). The molecule has 0 aliphatic heterocycles. The lowest BCUT2D eigenvalue weighted by molar-refractivity contribution is -0.136. The van der Waals surface area contributed by atoms with Crippen molar-refractivity contribution in [2.45, 2.75) is 18.7 Å². The number of aromatic nitrogens is 1. The van der Waals surface area contributed by atoms with Crippen LogP contribution in [0.15, 0.2) is 6.20 Å². The van der Waals surface area contributed by atoms with E-state index in [1.165, 1.54) is 0 Å². The Hall–Kier alpha value is -1.43. The van der Waals surface area contributed by atoms with Gasteiger partial charge in [-0.2, -0.15) is 0 Å². The summed E-state index contributed by atoms with van der Waals surface area (Å²) in [6, 6.07) is 0. The minimum absolute atomic E-state index is 0.0916. The van der Waals surface area contributed by atoms with E-state index in [4.69, 9.17) is 16.7 Å². The molecular formula is C9H8ClF2NO3. The molecule has 0 saturated heterocycles. The maximum absolute atomic E-state index is 12.6. The monoisotopic (exact) mass is 251 g/mol. The van der Waals surface area contributed by atoms with E-state index >= 15 is 0 Å². The highest BCUT2D eigenvalue weighted by Gasteiger charge is 2.22. The molecule has 1 rings (SSSR count). The van der Waals surface area contributed by atoms with Crippen LogP contribution in [-0.4, -0.2) is 21.2 Å². The maximum atomic E-state index is 12.6. The first-order chi connectivity index (χ1) is 7.47. The molecule has 0 saturated carbocycles. The lowest BCUT2D eigenvalue weighted by Gasteiger charge is -2.11. The number of carbonyl (C=O) groups is 1. The summed E-state index contributed by atoms with van der Waals surface area (Å²) in [6.07, 6.45) is -2.60. The largest absolute Gasteiger partial charge is 0.505 e. The summed E-state index contributed by atoms with van der Waals surface area (Å²) in [5, 5.41) is 17.9. The van der Waals surface area contributed by atoms with Gasteiger partial charge in [0, 0.05) is 6.20 Å². The molecule has 2 N–H and O–H groups in total. The van der Waals surface area contributed by atoms with E-state index in [1.807, 2.05) is 0 Å². The number of aliphatic carboxylic acids is 1. The van der Waals surface area contributed by atoms with E-state index in [2.05, 4.69) is 4.98 Å². The Balaban J connectivity index is 3.28. The van der Waals surface area contributed by atoms with Gasteiger partial charge in [-0.1, -0.05) is 0 Å². The second-order valence-electron chi connectivity index (χ2n) is 3.00. The average molecular weight is 252 g/mol. The molecule has 0 spiro atoms. The summed E-state index contributed by atoms with van der Waals surface area (Å²) < 4.78 is 25.3.